The molecule has 0 N–H and O–H groups in total. The smallest absolute Gasteiger partial charge is 0.143 e. The second kappa shape index (κ2) is 10.7. The predicted octanol–water partition coefficient (Wildman–Crippen LogP) is 15.1. The molecule has 0 spiro atoms. The molecule has 11 rings (SSSR count). The number of furan rings is 2. The molecular formula is C50H36O2. The van der Waals surface area contributed by atoms with Crippen LogP contribution in [0.2, 0.25) is 0 Å². The number of rotatable bonds is 4. The van der Waals surface area contributed by atoms with E-state index in [-0.39, 0.29) is 0 Å². The zero-order chi connectivity index (χ0) is 34.8. The van der Waals surface area contributed by atoms with Crippen molar-refractivity contribution in [2.24, 2.45) is 0 Å². The van der Waals surface area contributed by atoms with Crippen LogP contribution in [0, 0.1) is 0 Å². The van der Waals surface area contributed by atoms with Crippen LogP contribution in [0.5, 0.6) is 0 Å². The van der Waals surface area contributed by atoms with Crippen molar-refractivity contribution in [2.75, 3.05) is 0 Å². The molecule has 0 bridgehead atoms. The van der Waals surface area contributed by atoms with E-state index >= 15 is 0 Å². The highest BCUT2D eigenvalue weighted by molar-refractivity contribution is 6.34. The molecule has 0 atom stereocenters. The van der Waals surface area contributed by atoms with Crippen LogP contribution in [0.15, 0.2) is 142 Å². The summed E-state index contributed by atoms with van der Waals surface area (Å²) >= 11 is 0. The number of hydrogen-bond acceptors (Lipinski definition) is 2. The summed E-state index contributed by atoms with van der Waals surface area (Å²) in [7, 11) is 0. The Morgan fingerprint density at radius 1 is 0.365 bits per heavy atom. The number of benzene rings is 9. The van der Waals surface area contributed by atoms with Gasteiger partial charge >= 0.3 is 0 Å². The fourth-order valence-corrected chi connectivity index (χ4v) is 8.85. The Morgan fingerprint density at radius 2 is 0.769 bits per heavy atom. The summed E-state index contributed by atoms with van der Waals surface area (Å²) in [6.07, 6.45) is 0. The van der Waals surface area contributed by atoms with Gasteiger partial charge in [-0.05, 0) is 114 Å². The van der Waals surface area contributed by atoms with Crippen molar-refractivity contribution in [2.45, 2.75) is 39.5 Å². The molecule has 0 amide bonds. The van der Waals surface area contributed by atoms with Crippen LogP contribution in [-0.2, 0) is 0 Å². The standard InChI is InChI=1S/C50H36O2/c1-27(2)29-19-33-21-31(35-13-9-15-39-37-11-5-7-17-45(37)51-49(35)39)25-43-44-26-32(36-14-10-16-40-38-12-6-8-18-46(38)52-50(36)40)22-34-20-30(28(3)4)24-42(48(34)44)41(23-29)47(33)43/h5-28H,1-4H3. The maximum absolute atomic E-state index is 6.61. The third-order valence-corrected chi connectivity index (χ3v) is 11.5. The largest absolute Gasteiger partial charge is 0.455 e. The molecule has 2 heterocycles. The lowest BCUT2D eigenvalue weighted by Crippen LogP contribution is -1.95. The zero-order valence-corrected chi connectivity index (χ0v) is 29.7. The molecule has 2 aromatic heterocycles. The fourth-order valence-electron chi connectivity index (χ4n) is 8.85. The van der Waals surface area contributed by atoms with E-state index in [1.54, 1.807) is 0 Å². The van der Waals surface area contributed by atoms with E-state index in [1.807, 2.05) is 12.1 Å². The molecule has 52 heavy (non-hydrogen) atoms. The molecule has 0 radical (unpaired) electrons. The topological polar surface area (TPSA) is 26.3 Å². The van der Waals surface area contributed by atoms with Crippen LogP contribution in [0.25, 0.3) is 109 Å². The van der Waals surface area contributed by atoms with E-state index in [0.29, 0.717) is 11.8 Å². The number of hydrogen-bond donors (Lipinski definition) is 0. The highest BCUT2D eigenvalue weighted by Crippen LogP contribution is 2.47. The average Bonchev–Trinajstić information content (AvgIpc) is 3.74. The summed E-state index contributed by atoms with van der Waals surface area (Å²) in [5.74, 6) is 0.784. The van der Waals surface area contributed by atoms with Crippen molar-refractivity contribution in [3.05, 3.63) is 145 Å². The van der Waals surface area contributed by atoms with Gasteiger partial charge in [0.1, 0.15) is 22.3 Å². The summed E-state index contributed by atoms with van der Waals surface area (Å²) in [6.45, 7) is 9.20. The third-order valence-electron chi connectivity index (χ3n) is 11.5. The lowest BCUT2D eigenvalue weighted by atomic mass is 9.83. The molecule has 11 aromatic rings. The zero-order valence-electron chi connectivity index (χ0n) is 29.7. The summed E-state index contributed by atoms with van der Waals surface area (Å²) in [5.41, 5.74) is 11.0. The molecule has 9 aromatic carbocycles. The first-order valence-corrected chi connectivity index (χ1v) is 18.5. The van der Waals surface area contributed by atoms with Crippen molar-refractivity contribution in [1.82, 2.24) is 0 Å². The Hall–Kier alpha value is -6.12. The molecule has 0 fully saturated rings. The van der Waals surface area contributed by atoms with Crippen LogP contribution < -0.4 is 0 Å². The van der Waals surface area contributed by atoms with E-state index in [0.717, 1.165) is 55.0 Å². The Balaban J connectivity index is 1.30. The van der Waals surface area contributed by atoms with Gasteiger partial charge in [-0.15, -0.1) is 0 Å². The van der Waals surface area contributed by atoms with Gasteiger partial charge in [-0.1, -0.05) is 125 Å². The third kappa shape index (κ3) is 4.12. The van der Waals surface area contributed by atoms with E-state index in [9.17, 15) is 0 Å². The second-order valence-electron chi connectivity index (χ2n) is 15.3. The molecule has 0 aliphatic rings. The predicted molar refractivity (Wildman–Crippen MR) is 221 cm³/mol. The van der Waals surface area contributed by atoms with Gasteiger partial charge in [-0.25, -0.2) is 0 Å². The Bertz CT molecular complexity index is 3020. The number of fused-ring (bicyclic) bond motifs is 8. The average molecular weight is 669 g/mol. The molecule has 0 saturated heterocycles. The van der Waals surface area contributed by atoms with Crippen LogP contribution in [-0.4, -0.2) is 0 Å². The highest BCUT2D eigenvalue weighted by atomic mass is 16.3. The molecule has 0 aliphatic carbocycles. The monoisotopic (exact) mass is 668 g/mol. The van der Waals surface area contributed by atoms with Gasteiger partial charge < -0.3 is 8.83 Å². The Labute approximate surface area is 301 Å². The van der Waals surface area contributed by atoms with Crippen molar-refractivity contribution in [1.29, 1.82) is 0 Å². The second-order valence-corrected chi connectivity index (χ2v) is 15.3. The summed E-state index contributed by atoms with van der Waals surface area (Å²) < 4.78 is 13.2. The molecule has 0 unspecified atom stereocenters. The van der Waals surface area contributed by atoms with E-state index in [4.69, 9.17) is 8.83 Å². The van der Waals surface area contributed by atoms with Gasteiger partial charge in [0.2, 0.25) is 0 Å². The van der Waals surface area contributed by atoms with Gasteiger partial charge in [0.25, 0.3) is 0 Å². The van der Waals surface area contributed by atoms with Gasteiger partial charge in [-0.3, -0.25) is 0 Å². The normalized spacial score (nSPS) is 12.6. The van der Waals surface area contributed by atoms with Crippen molar-refractivity contribution in [3.8, 4) is 22.3 Å². The minimum Gasteiger partial charge on any atom is -0.455 e. The highest BCUT2D eigenvalue weighted by Gasteiger charge is 2.21. The molecule has 2 heteroatoms. The molecule has 248 valence electrons. The maximum Gasteiger partial charge on any atom is 0.143 e. The van der Waals surface area contributed by atoms with E-state index in [1.165, 1.54) is 65.3 Å². The minimum atomic E-state index is 0.392. The van der Waals surface area contributed by atoms with Gasteiger partial charge in [0, 0.05) is 32.7 Å². The van der Waals surface area contributed by atoms with Crippen molar-refractivity contribution < 1.29 is 8.83 Å². The van der Waals surface area contributed by atoms with Crippen molar-refractivity contribution in [3.63, 3.8) is 0 Å². The SMILES string of the molecule is CC(C)c1cc2cc(-c3cccc4c3oc3ccccc34)cc3c4cc(-c5cccc6c5oc5ccccc56)cc5cc(C(C)C)cc(c(c1)c23)c54. The maximum atomic E-state index is 6.61. The fraction of sp³-hybridized carbons (Fsp3) is 0.120. The van der Waals surface area contributed by atoms with Crippen LogP contribution in [0.4, 0.5) is 0 Å². The minimum absolute atomic E-state index is 0.392. The first-order chi connectivity index (χ1) is 25.4. The Morgan fingerprint density at radius 3 is 1.21 bits per heavy atom. The molecular weight excluding hydrogens is 633 g/mol. The lowest BCUT2D eigenvalue weighted by molar-refractivity contribution is 0.669. The number of para-hydroxylation sites is 4. The van der Waals surface area contributed by atoms with Gasteiger partial charge in [0.15, 0.2) is 0 Å². The van der Waals surface area contributed by atoms with E-state index in [2.05, 4.69) is 149 Å². The Kier molecular flexibility index (Phi) is 6.09. The molecule has 0 saturated carbocycles. The van der Waals surface area contributed by atoms with Crippen LogP contribution >= 0.6 is 0 Å². The molecule has 2 nitrogen and oxygen atoms in total. The lowest BCUT2D eigenvalue weighted by Gasteiger charge is -2.20. The van der Waals surface area contributed by atoms with Gasteiger partial charge in [-0.2, -0.15) is 0 Å². The first-order valence-electron chi connectivity index (χ1n) is 18.5. The summed E-state index contributed by atoms with van der Waals surface area (Å²) in [5, 5.41) is 14.9. The summed E-state index contributed by atoms with van der Waals surface area (Å²) in [6, 6.07) is 49.2. The molecule has 0 aliphatic heterocycles. The first kappa shape index (κ1) is 29.6. The van der Waals surface area contributed by atoms with E-state index < -0.39 is 0 Å². The van der Waals surface area contributed by atoms with Gasteiger partial charge in [0.05, 0.1) is 0 Å². The quantitative estimate of drug-likeness (QED) is 0.138. The van der Waals surface area contributed by atoms with Crippen LogP contribution in [0.3, 0.4) is 0 Å². The van der Waals surface area contributed by atoms with Crippen LogP contribution in [0.1, 0.15) is 50.7 Å². The summed E-state index contributed by atoms with van der Waals surface area (Å²) in [4.78, 5) is 0. The van der Waals surface area contributed by atoms with Crippen molar-refractivity contribution >= 4 is 87.0 Å².